The Kier molecular flexibility index (Phi) is 7.11. The number of carbonyl (C=O) groups excluding carboxylic acids is 3. The van der Waals surface area contributed by atoms with E-state index in [0.29, 0.717) is 21.5 Å². The van der Waals surface area contributed by atoms with Crippen LogP contribution >= 0.6 is 47.8 Å². The fourth-order valence-corrected chi connectivity index (χ4v) is 4.84. The normalized spacial score (nSPS) is 15.1. The highest BCUT2D eigenvalue weighted by molar-refractivity contribution is 9.11. The first-order valence-electron chi connectivity index (χ1n) is 9.66. The number of amides is 4. The first kappa shape index (κ1) is 23.4. The second-order valence-corrected chi connectivity index (χ2v) is 9.70. The number of barbiturate groups is 1. The maximum Gasteiger partial charge on any atom is 0.335 e. The Bertz CT molecular complexity index is 1270. The van der Waals surface area contributed by atoms with Crippen LogP contribution in [0, 0.1) is 0 Å². The van der Waals surface area contributed by atoms with Crippen molar-refractivity contribution in [1.29, 1.82) is 0 Å². The summed E-state index contributed by atoms with van der Waals surface area (Å²) in [4.78, 5) is 39.0. The van der Waals surface area contributed by atoms with Crippen LogP contribution in [0.15, 0.2) is 85.7 Å². The van der Waals surface area contributed by atoms with Gasteiger partial charge in [-0.05, 0) is 64.0 Å². The smallest absolute Gasteiger partial charge is 0.335 e. The zero-order valence-corrected chi connectivity index (χ0v) is 21.6. The number of carbonyl (C=O) groups is 3. The van der Waals surface area contributed by atoms with Gasteiger partial charge in [-0.1, -0.05) is 62.2 Å². The van der Waals surface area contributed by atoms with Gasteiger partial charge in [-0.2, -0.15) is 0 Å². The van der Waals surface area contributed by atoms with Gasteiger partial charge in [0.25, 0.3) is 11.8 Å². The van der Waals surface area contributed by atoms with E-state index in [1.54, 1.807) is 36.4 Å². The second-order valence-electron chi connectivity index (χ2n) is 7.01. The van der Waals surface area contributed by atoms with Gasteiger partial charge in [-0.25, -0.2) is 9.69 Å². The summed E-state index contributed by atoms with van der Waals surface area (Å²) in [6, 6.07) is 18.8. The molecule has 4 amide bonds. The molecule has 0 aliphatic carbocycles. The third-order valence-electron chi connectivity index (χ3n) is 4.75. The molecule has 0 spiro atoms. The van der Waals surface area contributed by atoms with E-state index in [-0.39, 0.29) is 12.2 Å². The first-order chi connectivity index (χ1) is 15.8. The molecule has 1 fully saturated rings. The van der Waals surface area contributed by atoms with E-state index in [0.717, 1.165) is 19.4 Å². The topological polar surface area (TPSA) is 75.7 Å². The summed E-state index contributed by atoms with van der Waals surface area (Å²) in [5, 5.41) is 2.23. The summed E-state index contributed by atoms with van der Waals surface area (Å²) < 4.78 is 8.36. The number of anilines is 1. The number of ether oxygens (including phenoxy) is 1. The van der Waals surface area contributed by atoms with E-state index in [1.807, 2.05) is 30.3 Å². The summed E-state index contributed by atoms with van der Waals surface area (Å²) in [6.07, 6.45) is 1.42. The largest absolute Gasteiger partial charge is 0.487 e. The van der Waals surface area contributed by atoms with Crippen LogP contribution < -0.4 is 15.0 Å². The molecule has 0 saturated carbocycles. The number of nitrogens with one attached hydrogen (secondary N) is 1. The van der Waals surface area contributed by atoms with Crippen LogP contribution in [-0.2, 0) is 16.2 Å². The Hall–Kier alpha value is -2.75. The molecule has 1 saturated heterocycles. The summed E-state index contributed by atoms with van der Waals surface area (Å²) in [7, 11) is 0. The van der Waals surface area contributed by atoms with Gasteiger partial charge < -0.3 is 4.74 Å². The van der Waals surface area contributed by atoms with Crippen molar-refractivity contribution in [2.75, 3.05) is 4.90 Å². The molecular weight excluding hydrogens is 620 g/mol. The number of rotatable bonds is 5. The van der Waals surface area contributed by atoms with Crippen molar-refractivity contribution >= 4 is 77.4 Å². The Morgan fingerprint density at radius 2 is 1.58 bits per heavy atom. The quantitative estimate of drug-likeness (QED) is 0.267. The van der Waals surface area contributed by atoms with Crippen molar-refractivity contribution in [3.63, 3.8) is 0 Å². The fraction of sp³-hybridized carbons (Fsp3) is 0.0417. The molecule has 33 heavy (non-hydrogen) atoms. The highest BCUT2D eigenvalue weighted by Crippen LogP contribution is 2.35. The van der Waals surface area contributed by atoms with Crippen molar-refractivity contribution in [1.82, 2.24) is 5.32 Å². The molecule has 3 aromatic carbocycles. The lowest BCUT2D eigenvalue weighted by Gasteiger charge is -2.26. The summed E-state index contributed by atoms with van der Waals surface area (Å²) in [5.41, 5.74) is 1.62. The summed E-state index contributed by atoms with van der Waals surface area (Å²) in [5.74, 6) is -1.03. The number of benzene rings is 3. The van der Waals surface area contributed by atoms with Crippen LogP contribution in [0.3, 0.4) is 0 Å². The maximum absolute atomic E-state index is 13.2. The van der Waals surface area contributed by atoms with Gasteiger partial charge in [0.1, 0.15) is 17.9 Å². The Morgan fingerprint density at radius 1 is 0.879 bits per heavy atom. The molecule has 0 atom stereocenters. The number of hydrogen-bond acceptors (Lipinski definition) is 4. The van der Waals surface area contributed by atoms with Crippen molar-refractivity contribution in [2.45, 2.75) is 6.61 Å². The minimum atomic E-state index is -0.796. The van der Waals surface area contributed by atoms with Crippen molar-refractivity contribution in [3.8, 4) is 5.75 Å². The van der Waals surface area contributed by atoms with Crippen LogP contribution in [0.2, 0.25) is 0 Å². The monoisotopic (exact) mass is 632 g/mol. The van der Waals surface area contributed by atoms with Crippen molar-refractivity contribution in [3.05, 3.63) is 96.8 Å². The molecule has 6 nitrogen and oxygen atoms in total. The molecule has 1 heterocycles. The van der Waals surface area contributed by atoms with Gasteiger partial charge in [0.15, 0.2) is 0 Å². The van der Waals surface area contributed by atoms with E-state index in [1.165, 1.54) is 6.08 Å². The second kappa shape index (κ2) is 10.0. The molecule has 1 N–H and O–H groups in total. The number of nitrogens with zero attached hydrogens (tertiary/aromatic N) is 1. The Balaban J connectivity index is 1.70. The van der Waals surface area contributed by atoms with Crippen molar-refractivity contribution in [2.24, 2.45) is 0 Å². The lowest BCUT2D eigenvalue weighted by atomic mass is 10.1. The highest BCUT2D eigenvalue weighted by Gasteiger charge is 2.37. The van der Waals surface area contributed by atoms with Crippen LogP contribution in [0.1, 0.15) is 11.1 Å². The molecule has 4 rings (SSSR count). The zero-order valence-electron chi connectivity index (χ0n) is 16.8. The molecule has 1 aliphatic rings. The van der Waals surface area contributed by atoms with Crippen LogP contribution in [0.25, 0.3) is 6.08 Å². The average Bonchev–Trinajstić information content (AvgIpc) is 2.77. The van der Waals surface area contributed by atoms with E-state index >= 15 is 0 Å². The predicted molar refractivity (Wildman–Crippen MR) is 136 cm³/mol. The van der Waals surface area contributed by atoms with E-state index < -0.39 is 17.8 Å². The fourth-order valence-electron chi connectivity index (χ4n) is 3.20. The lowest BCUT2D eigenvalue weighted by molar-refractivity contribution is -0.122. The number of para-hydroxylation sites is 1. The zero-order chi connectivity index (χ0) is 23.5. The van der Waals surface area contributed by atoms with E-state index in [4.69, 9.17) is 4.74 Å². The molecule has 0 unspecified atom stereocenters. The minimum absolute atomic E-state index is 0.183. The predicted octanol–water partition coefficient (Wildman–Crippen LogP) is 6.22. The van der Waals surface area contributed by atoms with Gasteiger partial charge >= 0.3 is 6.03 Å². The molecule has 0 radical (unpaired) electrons. The molecule has 0 bridgehead atoms. The SMILES string of the molecule is O=C1NC(=O)N(c2ccccc2)C(=O)/C1=C/c1cc(Br)cc(Br)c1OCc1ccc(Br)cc1. The van der Waals surface area contributed by atoms with Crippen LogP contribution in [-0.4, -0.2) is 17.8 Å². The molecule has 166 valence electrons. The van der Waals surface area contributed by atoms with Crippen molar-refractivity contribution < 1.29 is 19.1 Å². The standard InChI is InChI=1S/C24H15Br3N2O4/c25-16-8-6-14(7-9-16)13-33-21-15(10-17(26)12-20(21)27)11-19-22(30)28-24(32)29(23(19)31)18-4-2-1-3-5-18/h1-12H,13H2,(H,28,30,32)/b19-11+. The lowest BCUT2D eigenvalue weighted by Crippen LogP contribution is -2.54. The number of halogens is 3. The molecule has 0 aromatic heterocycles. The van der Waals surface area contributed by atoms with Crippen LogP contribution in [0.5, 0.6) is 5.75 Å². The molecule has 3 aromatic rings. The molecule has 1 aliphatic heterocycles. The molecule has 9 heteroatoms. The minimum Gasteiger partial charge on any atom is -0.487 e. The maximum atomic E-state index is 13.2. The van der Waals surface area contributed by atoms with Gasteiger partial charge in [-0.15, -0.1) is 0 Å². The highest BCUT2D eigenvalue weighted by atomic mass is 79.9. The van der Waals surface area contributed by atoms with Crippen LogP contribution in [0.4, 0.5) is 10.5 Å². The number of urea groups is 1. The third kappa shape index (κ3) is 5.26. The first-order valence-corrected chi connectivity index (χ1v) is 12.0. The number of hydrogen-bond donors (Lipinski definition) is 1. The van der Waals surface area contributed by atoms with Gasteiger partial charge in [-0.3, -0.25) is 14.9 Å². The van der Waals surface area contributed by atoms with E-state index in [9.17, 15) is 14.4 Å². The van der Waals surface area contributed by atoms with Gasteiger partial charge in [0.2, 0.25) is 0 Å². The average molecular weight is 635 g/mol. The van der Waals surface area contributed by atoms with E-state index in [2.05, 4.69) is 53.1 Å². The Morgan fingerprint density at radius 3 is 2.27 bits per heavy atom. The molecular formula is C24H15Br3N2O4. The summed E-state index contributed by atoms with van der Waals surface area (Å²) in [6.45, 7) is 0.276. The Labute approximate surface area is 215 Å². The van der Waals surface area contributed by atoms with Gasteiger partial charge in [0.05, 0.1) is 10.2 Å². The summed E-state index contributed by atoms with van der Waals surface area (Å²) >= 11 is 10.3. The number of imide groups is 2. The third-order valence-corrected chi connectivity index (χ3v) is 6.32. The van der Waals surface area contributed by atoms with Gasteiger partial charge in [0, 0.05) is 14.5 Å².